The van der Waals surface area contributed by atoms with Crippen molar-refractivity contribution >= 4 is 28.7 Å². The van der Waals surface area contributed by atoms with E-state index >= 15 is 0 Å². The largest absolute Gasteiger partial charge is 0.364 e. The van der Waals surface area contributed by atoms with Gasteiger partial charge < -0.3 is 14.8 Å². The number of fused-ring (bicyclic) bond motifs is 1. The Morgan fingerprint density at radius 2 is 2.06 bits per heavy atom. The van der Waals surface area contributed by atoms with Crippen LogP contribution in [0.4, 0.5) is 5.82 Å². The second kappa shape index (κ2) is 9.38. The maximum atomic E-state index is 12.0. The molecular formula is C25H25N7O2. The van der Waals surface area contributed by atoms with Crippen molar-refractivity contribution in [3.63, 3.8) is 0 Å². The van der Waals surface area contributed by atoms with Crippen molar-refractivity contribution in [3.05, 3.63) is 66.2 Å². The number of pyridine rings is 1. The molecule has 1 amide bonds. The topological polar surface area (TPSA) is 106 Å². The average Bonchev–Trinajstić information content (AvgIpc) is 3.47. The molecule has 9 nitrogen and oxygen atoms in total. The predicted molar refractivity (Wildman–Crippen MR) is 128 cm³/mol. The molecule has 1 aliphatic rings. The van der Waals surface area contributed by atoms with Gasteiger partial charge in [-0.2, -0.15) is 0 Å². The fraction of sp³-hybridized carbons (Fsp3) is 0.280. The van der Waals surface area contributed by atoms with Crippen LogP contribution < -0.4 is 5.32 Å². The van der Waals surface area contributed by atoms with Crippen LogP contribution in [-0.2, 0) is 17.9 Å². The Kier molecular flexibility index (Phi) is 5.99. The van der Waals surface area contributed by atoms with Crippen LogP contribution in [-0.4, -0.2) is 54.2 Å². The minimum absolute atomic E-state index is 0.0156. The standard InChI is InChI=1S/C25H25N7O2/c1-17(33)19-6-2-7-20(13-19)23-29-24(27-15-18-5-3-9-26-14-18)22-25(30-23)32(16-28-22)12-11-31-10-4-8-21(31)34/h2-3,5-7,9,13-14,16H,4,8,10-12,15H2,1H3,(H,27,29,30). The van der Waals surface area contributed by atoms with Crippen molar-refractivity contribution in [2.24, 2.45) is 0 Å². The second-order valence-electron chi connectivity index (χ2n) is 8.34. The Labute approximate surface area is 196 Å². The first-order chi connectivity index (χ1) is 16.6. The number of hydrogen-bond acceptors (Lipinski definition) is 7. The maximum absolute atomic E-state index is 12.0. The Morgan fingerprint density at radius 3 is 2.82 bits per heavy atom. The Bertz CT molecular complexity index is 1350. The third kappa shape index (κ3) is 4.50. The van der Waals surface area contributed by atoms with E-state index in [0.29, 0.717) is 54.4 Å². The van der Waals surface area contributed by atoms with E-state index in [-0.39, 0.29) is 11.7 Å². The van der Waals surface area contributed by atoms with Crippen LogP contribution in [0.5, 0.6) is 0 Å². The molecule has 9 heteroatoms. The average molecular weight is 456 g/mol. The number of rotatable bonds is 8. The van der Waals surface area contributed by atoms with Gasteiger partial charge in [0, 0.05) is 56.1 Å². The van der Waals surface area contributed by atoms with Crippen LogP contribution in [0.15, 0.2) is 55.1 Å². The summed E-state index contributed by atoms with van der Waals surface area (Å²) in [6.07, 6.45) is 6.80. The van der Waals surface area contributed by atoms with E-state index in [1.54, 1.807) is 37.8 Å². The summed E-state index contributed by atoms with van der Waals surface area (Å²) in [5, 5.41) is 3.37. The van der Waals surface area contributed by atoms with E-state index in [4.69, 9.17) is 9.97 Å². The van der Waals surface area contributed by atoms with Crippen LogP contribution in [0.25, 0.3) is 22.6 Å². The molecule has 0 unspecified atom stereocenters. The van der Waals surface area contributed by atoms with Crippen molar-refractivity contribution in [3.8, 4) is 11.4 Å². The van der Waals surface area contributed by atoms with E-state index in [1.807, 2.05) is 33.7 Å². The Balaban J connectivity index is 1.52. The summed E-state index contributed by atoms with van der Waals surface area (Å²) in [5.74, 6) is 1.29. The van der Waals surface area contributed by atoms with Crippen molar-refractivity contribution in [1.82, 2.24) is 29.4 Å². The van der Waals surface area contributed by atoms with Gasteiger partial charge in [0.15, 0.2) is 23.1 Å². The number of ketones is 1. The number of Topliss-reactive ketones (excluding diaryl/α,β-unsaturated/α-hetero) is 1. The molecular weight excluding hydrogens is 430 g/mol. The highest BCUT2D eigenvalue weighted by Crippen LogP contribution is 2.25. The van der Waals surface area contributed by atoms with Gasteiger partial charge in [-0.15, -0.1) is 0 Å². The Morgan fingerprint density at radius 1 is 1.15 bits per heavy atom. The number of carbonyl (C=O) groups excluding carboxylic acids is 2. The zero-order valence-corrected chi connectivity index (χ0v) is 18.9. The van der Waals surface area contributed by atoms with Gasteiger partial charge in [-0.25, -0.2) is 15.0 Å². The smallest absolute Gasteiger partial charge is 0.222 e. The monoisotopic (exact) mass is 455 g/mol. The number of carbonyl (C=O) groups is 2. The number of anilines is 1. The summed E-state index contributed by atoms with van der Waals surface area (Å²) in [6, 6.07) is 11.2. The van der Waals surface area contributed by atoms with Crippen molar-refractivity contribution < 1.29 is 9.59 Å². The molecule has 1 aromatic carbocycles. The minimum atomic E-state index is -0.0156. The number of imidazole rings is 1. The van der Waals surface area contributed by atoms with Crippen LogP contribution in [0.1, 0.15) is 35.7 Å². The third-order valence-electron chi connectivity index (χ3n) is 5.96. The first-order valence-electron chi connectivity index (χ1n) is 11.3. The predicted octanol–water partition coefficient (Wildman–Crippen LogP) is 3.33. The molecule has 1 aliphatic heterocycles. The summed E-state index contributed by atoms with van der Waals surface area (Å²) in [7, 11) is 0. The van der Waals surface area contributed by atoms with Gasteiger partial charge in [0.2, 0.25) is 5.91 Å². The van der Waals surface area contributed by atoms with Crippen molar-refractivity contribution in [2.75, 3.05) is 18.4 Å². The van der Waals surface area contributed by atoms with Crippen LogP contribution >= 0.6 is 0 Å². The van der Waals surface area contributed by atoms with Gasteiger partial charge in [-0.3, -0.25) is 14.6 Å². The normalized spacial score (nSPS) is 13.6. The molecule has 1 saturated heterocycles. The fourth-order valence-corrected chi connectivity index (χ4v) is 4.09. The highest BCUT2D eigenvalue weighted by atomic mass is 16.2. The molecule has 0 aliphatic carbocycles. The van der Waals surface area contributed by atoms with E-state index < -0.39 is 0 Å². The van der Waals surface area contributed by atoms with E-state index in [1.165, 1.54) is 0 Å². The summed E-state index contributed by atoms with van der Waals surface area (Å²) in [5.41, 5.74) is 3.71. The number of benzene rings is 1. The Hall–Kier alpha value is -4.14. The molecule has 34 heavy (non-hydrogen) atoms. The molecule has 0 saturated carbocycles. The molecule has 172 valence electrons. The molecule has 5 rings (SSSR count). The van der Waals surface area contributed by atoms with E-state index in [2.05, 4.69) is 15.3 Å². The molecule has 0 bridgehead atoms. The molecule has 1 N–H and O–H groups in total. The van der Waals surface area contributed by atoms with Gasteiger partial charge in [0.1, 0.15) is 5.52 Å². The van der Waals surface area contributed by atoms with E-state index in [0.717, 1.165) is 24.1 Å². The number of nitrogens with one attached hydrogen (secondary N) is 1. The number of likely N-dealkylation sites (tertiary alicyclic amines) is 1. The van der Waals surface area contributed by atoms with Crippen LogP contribution in [0.2, 0.25) is 0 Å². The van der Waals surface area contributed by atoms with Crippen molar-refractivity contribution in [1.29, 1.82) is 0 Å². The zero-order chi connectivity index (χ0) is 23.5. The lowest BCUT2D eigenvalue weighted by Crippen LogP contribution is -2.28. The van der Waals surface area contributed by atoms with Crippen molar-refractivity contribution in [2.45, 2.75) is 32.9 Å². The highest BCUT2D eigenvalue weighted by molar-refractivity contribution is 5.95. The first-order valence-corrected chi connectivity index (χ1v) is 11.3. The fourth-order valence-electron chi connectivity index (χ4n) is 4.09. The summed E-state index contributed by atoms with van der Waals surface area (Å²) < 4.78 is 1.95. The number of nitrogens with zero attached hydrogens (tertiary/aromatic N) is 6. The summed E-state index contributed by atoms with van der Waals surface area (Å²) in [6.45, 7) is 4.07. The minimum Gasteiger partial charge on any atom is -0.364 e. The molecule has 4 heterocycles. The molecule has 0 radical (unpaired) electrons. The first kappa shape index (κ1) is 21.7. The lowest BCUT2D eigenvalue weighted by molar-refractivity contribution is -0.127. The highest BCUT2D eigenvalue weighted by Gasteiger charge is 2.21. The lowest BCUT2D eigenvalue weighted by atomic mass is 10.1. The molecule has 0 spiro atoms. The van der Waals surface area contributed by atoms with Gasteiger partial charge in [0.05, 0.1) is 6.33 Å². The van der Waals surface area contributed by atoms with E-state index in [9.17, 15) is 9.59 Å². The maximum Gasteiger partial charge on any atom is 0.222 e. The van der Waals surface area contributed by atoms with Crippen LogP contribution in [0.3, 0.4) is 0 Å². The molecule has 3 aromatic heterocycles. The summed E-state index contributed by atoms with van der Waals surface area (Å²) >= 11 is 0. The number of hydrogen-bond donors (Lipinski definition) is 1. The second-order valence-corrected chi connectivity index (χ2v) is 8.34. The molecule has 4 aromatic rings. The van der Waals surface area contributed by atoms with Gasteiger partial charge in [-0.05, 0) is 31.0 Å². The van der Waals surface area contributed by atoms with Crippen LogP contribution in [0, 0.1) is 0 Å². The lowest BCUT2D eigenvalue weighted by Gasteiger charge is -2.16. The van der Waals surface area contributed by atoms with Gasteiger partial charge >= 0.3 is 0 Å². The zero-order valence-electron chi connectivity index (χ0n) is 18.9. The number of amides is 1. The van der Waals surface area contributed by atoms with Gasteiger partial charge in [0.25, 0.3) is 0 Å². The van der Waals surface area contributed by atoms with Gasteiger partial charge in [-0.1, -0.05) is 24.3 Å². The number of aromatic nitrogens is 5. The summed E-state index contributed by atoms with van der Waals surface area (Å²) in [4.78, 5) is 44.1. The quantitative estimate of drug-likeness (QED) is 0.406. The molecule has 1 fully saturated rings. The third-order valence-corrected chi connectivity index (χ3v) is 5.96. The SMILES string of the molecule is CC(=O)c1cccc(-c2nc(NCc3cccnc3)c3ncn(CCN4CCCC4=O)c3n2)c1. The molecule has 0 atom stereocenters.